The number of sulfonamides is 1. The van der Waals surface area contributed by atoms with Crippen LogP contribution in [0.2, 0.25) is 5.02 Å². The van der Waals surface area contributed by atoms with Gasteiger partial charge in [0.25, 0.3) is 0 Å². The van der Waals surface area contributed by atoms with Crippen LogP contribution in [0.4, 0.5) is 5.69 Å². The number of nitrogens with zero attached hydrogens (tertiary/aromatic N) is 2. The third-order valence-corrected chi connectivity index (χ3v) is 7.12. The summed E-state index contributed by atoms with van der Waals surface area (Å²) in [7, 11) is -3.53. The largest absolute Gasteiger partial charge is 0.350 e. The monoisotopic (exact) mass is 535 g/mol. The Morgan fingerprint density at radius 3 is 2.22 bits per heavy atom. The molecular formula is C27H38ClN3O4S. The lowest BCUT2D eigenvalue weighted by atomic mass is 10.1. The molecule has 0 saturated heterocycles. The average molecular weight is 536 g/mol. The number of halogens is 1. The minimum Gasteiger partial charge on any atom is -0.350 e. The van der Waals surface area contributed by atoms with E-state index in [4.69, 9.17) is 11.6 Å². The summed E-state index contributed by atoms with van der Waals surface area (Å²) in [6.07, 6.45) is 2.41. The molecule has 198 valence electrons. The molecule has 0 saturated carbocycles. The third-order valence-electron chi connectivity index (χ3n) is 5.69. The molecule has 0 bridgehead atoms. The van der Waals surface area contributed by atoms with Gasteiger partial charge in [-0.15, -0.1) is 0 Å². The number of aryl methyl sites for hydroxylation is 1. The maximum Gasteiger partial charge on any atom is 0.242 e. The lowest BCUT2D eigenvalue weighted by Crippen LogP contribution is -2.52. The fourth-order valence-electron chi connectivity index (χ4n) is 3.79. The van der Waals surface area contributed by atoms with Crippen LogP contribution < -0.4 is 9.62 Å². The van der Waals surface area contributed by atoms with Gasteiger partial charge in [-0.2, -0.15) is 0 Å². The summed E-state index contributed by atoms with van der Waals surface area (Å²) in [5.41, 5.74) is 2.04. The highest BCUT2D eigenvalue weighted by Gasteiger charge is 2.28. The number of anilines is 1. The molecule has 7 nitrogen and oxygen atoms in total. The Morgan fingerprint density at radius 1 is 1.06 bits per heavy atom. The van der Waals surface area contributed by atoms with Crippen LogP contribution in [0.3, 0.4) is 0 Å². The molecule has 0 aromatic heterocycles. The molecule has 2 aromatic rings. The molecule has 0 unspecified atom stereocenters. The van der Waals surface area contributed by atoms with Gasteiger partial charge in [-0.25, -0.2) is 8.42 Å². The smallest absolute Gasteiger partial charge is 0.242 e. The molecule has 0 aliphatic heterocycles. The molecule has 0 heterocycles. The Morgan fingerprint density at radius 2 is 1.69 bits per heavy atom. The van der Waals surface area contributed by atoms with Crippen molar-refractivity contribution in [2.75, 3.05) is 17.1 Å². The number of hydrogen-bond donors (Lipinski definition) is 1. The molecule has 2 amide bonds. The summed E-state index contributed by atoms with van der Waals surface area (Å²) in [5, 5.41) is 3.48. The van der Waals surface area contributed by atoms with Crippen molar-refractivity contribution in [1.82, 2.24) is 10.2 Å². The van der Waals surface area contributed by atoms with E-state index in [1.54, 1.807) is 37.3 Å². The van der Waals surface area contributed by atoms with Crippen LogP contribution >= 0.6 is 11.6 Å². The number of carbonyl (C=O) groups excluding carboxylic acids is 2. The fourth-order valence-corrected chi connectivity index (χ4v) is 4.97. The van der Waals surface area contributed by atoms with E-state index < -0.39 is 21.6 Å². The van der Waals surface area contributed by atoms with Gasteiger partial charge < -0.3 is 10.2 Å². The second-order valence-corrected chi connectivity index (χ2v) is 12.4. The second-order valence-electron chi connectivity index (χ2n) is 10.0. The van der Waals surface area contributed by atoms with E-state index in [-0.39, 0.29) is 31.3 Å². The molecule has 36 heavy (non-hydrogen) atoms. The van der Waals surface area contributed by atoms with Gasteiger partial charge in [0, 0.05) is 30.1 Å². The van der Waals surface area contributed by atoms with Gasteiger partial charge in [0.15, 0.2) is 0 Å². The Kier molecular flexibility index (Phi) is 10.4. The molecule has 1 N–H and O–H groups in total. The number of rotatable bonds is 11. The van der Waals surface area contributed by atoms with Gasteiger partial charge in [-0.3, -0.25) is 13.9 Å². The Bertz CT molecular complexity index is 1140. The summed E-state index contributed by atoms with van der Waals surface area (Å²) in [5.74, 6) is -0.493. The van der Waals surface area contributed by atoms with Crippen molar-refractivity contribution < 1.29 is 18.0 Å². The van der Waals surface area contributed by atoms with E-state index in [1.165, 1.54) is 9.21 Å². The summed E-state index contributed by atoms with van der Waals surface area (Å²) in [6.45, 7) is 9.75. The molecule has 0 aliphatic carbocycles. The minimum atomic E-state index is -3.53. The molecule has 0 fully saturated rings. The SMILES string of the molecule is CCc1ccc(N(CCCC(=O)N(Cc2cccc(Cl)c2)[C@H](C)C(=O)NC(C)(C)C)S(C)(=O)=O)cc1. The molecule has 2 rings (SSSR count). The van der Waals surface area contributed by atoms with E-state index in [9.17, 15) is 18.0 Å². The van der Waals surface area contributed by atoms with Crippen LogP contribution in [-0.2, 0) is 32.6 Å². The van der Waals surface area contributed by atoms with Crippen molar-refractivity contribution in [3.05, 3.63) is 64.7 Å². The molecule has 9 heteroatoms. The van der Waals surface area contributed by atoms with Gasteiger partial charge >= 0.3 is 0 Å². The number of nitrogens with one attached hydrogen (secondary N) is 1. The second kappa shape index (κ2) is 12.6. The first-order chi connectivity index (χ1) is 16.7. The molecule has 0 radical (unpaired) electrons. The normalized spacial score (nSPS) is 12.6. The van der Waals surface area contributed by atoms with Crippen LogP contribution in [0.1, 0.15) is 58.6 Å². The van der Waals surface area contributed by atoms with Crippen molar-refractivity contribution in [2.45, 2.75) is 72.0 Å². The van der Waals surface area contributed by atoms with Crippen LogP contribution in [0.15, 0.2) is 48.5 Å². The quantitative estimate of drug-likeness (QED) is 0.448. The standard InChI is InChI=1S/C27H38ClN3O4S/c1-7-21-13-15-24(16-14-21)31(36(6,34)35)17-9-12-25(32)30(19-22-10-8-11-23(28)18-22)20(2)26(33)29-27(3,4)5/h8,10-11,13-16,18,20H,7,9,12,17,19H2,1-6H3,(H,29,33)/t20-/m1/s1. The van der Waals surface area contributed by atoms with Gasteiger partial charge in [0.2, 0.25) is 21.8 Å². The number of benzene rings is 2. The first-order valence-electron chi connectivity index (χ1n) is 12.1. The maximum absolute atomic E-state index is 13.3. The van der Waals surface area contributed by atoms with Crippen LogP contribution in [0.25, 0.3) is 0 Å². The van der Waals surface area contributed by atoms with Crippen molar-refractivity contribution in [1.29, 1.82) is 0 Å². The zero-order chi connectivity index (χ0) is 27.1. The first-order valence-corrected chi connectivity index (χ1v) is 14.4. The average Bonchev–Trinajstić information content (AvgIpc) is 2.78. The Labute approximate surface area is 220 Å². The van der Waals surface area contributed by atoms with E-state index in [0.717, 1.165) is 23.8 Å². The highest BCUT2D eigenvalue weighted by Crippen LogP contribution is 2.21. The molecule has 0 spiro atoms. The molecular weight excluding hydrogens is 498 g/mol. The van der Waals surface area contributed by atoms with E-state index >= 15 is 0 Å². The zero-order valence-electron chi connectivity index (χ0n) is 22.0. The topological polar surface area (TPSA) is 86.8 Å². The van der Waals surface area contributed by atoms with Crippen molar-refractivity contribution in [3.63, 3.8) is 0 Å². The number of hydrogen-bond acceptors (Lipinski definition) is 4. The predicted molar refractivity (Wildman–Crippen MR) is 147 cm³/mol. The third kappa shape index (κ3) is 9.13. The van der Waals surface area contributed by atoms with Gasteiger partial charge in [0.1, 0.15) is 6.04 Å². The number of amides is 2. The molecule has 1 atom stereocenters. The lowest BCUT2D eigenvalue weighted by Gasteiger charge is -2.32. The summed E-state index contributed by atoms with van der Waals surface area (Å²) in [6, 6.07) is 13.8. The van der Waals surface area contributed by atoms with Gasteiger partial charge in [-0.05, 0) is 75.9 Å². The van der Waals surface area contributed by atoms with Crippen LogP contribution in [0.5, 0.6) is 0 Å². The summed E-state index contributed by atoms with van der Waals surface area (Å²) < 4.78 is 26.2. The maximum atomic E-state index is 13.3. The van der Waals surface area contributed by atoms with Crippen LogP contribution in [0, 0.1) is 0 Å². The number of carbonyl (C=O) groups is 2. The minimum absolute atomic E-state index is 0.0900. The van der Waals surface area contributed by atoms with E-state index in [1.807, 2.05) is 45.9 Å². The van der Waals surface area contributed by atoms with Crippen LogP contribution in [-0.4, -0.2) is 49.5 Å². The summed E-state index contributed by atoms with van der Waals surface area (Å²) >= 11 is 6.13. The van der Waals surface area contributed by atoms with E-state index in [0.29, 0.717) is 17.1 Å². The van der Waals surface area contributed by atoms with Gasteiger partial charge in [0.05, 0.1) is 11.9 Å². The van der Waals surface area contributed by atoms with E-state index in [2.05, 4.69) is 5.32 Å². The molecule has 0 aliphatic rings. The fraction of sp³-hybridized carbons (Fsp3) is 0.481. The highest BCUT2D eigenvalue weighted by atomic mass is 35.5. The predicted octanol–water partition coefficient (Wildman–Crippen LogP) is 4.78. The van der Waals surface area contributed by atoms with Gasteiger partial charge in [-0.1, -0.05) is 42.8 Å². The highest BCUT2D eigenvalue weighted by molar-refractivity contribution is 7.92. The zero-order valence-corrected chi connectivity index (χ0v) is 23.6. The lowest BCUT2D eigenvalue weighted by molar-refractivity contribution is -0.141. The Hall–Kier alpha value is -2.58. The Balaban J connectivity index is 2.18. The van der Waals surface area contributed by atoms with Crippen molar-refractivity contribution in [2.24, 2.45) is 0 Å². The van der Waals surface area contributed by atoms with Crippen molar-refractivity contribution in [3.8, 4) is 0 Å². The molecule has 2 aromatic carbocycles. The van der Waals surface area contributed by atoms with Crippen molar-refractivity contribution >= 4 is 39.1 Å². The summed E-state index contributed by atoms with van der Waals surface area (Å²) in [4.78, 5) is 27.8. The first kappa shape index (κ1) is 29.6.